The lowest BCUT2D eigenvalue weighted by atomic mass is 10.3. The van der Waals surface area contributed by atoms with Gasteiger partial charge in [-0.25, -0.2) is 9.97 Å². The van der Waals surface area contributed by atoms with Crippen LogP contribution >= 0.6 is 11.8 Å². The van der Waals surface area contributed by atoms with E-state index in [9.17, 15) is 0 Å². The van der Waals surface area contributed by atoms with Crippen LogP contribution in [0.5, 0.6) is 0 Å². The Morgan fingerprint density at radius 3 is 2.89 bits per heavy atom. The second kappa shape index (κ2) is 6.73. The fraction of sp³-hybridized carbons (Fsp3) is 0.429. The lowest BCUT2D eigenvalue weighted by Crippen LogP contribution is -2.14. The first-order chi connectivity index (χ1) is 9.20. The number of hydrogen-bond donors (Lipinski definition) is 1. The Morgan fingerprint density at radius 2 is 2.21 bits per heavy atom. The number of nitrogens with one attached hydrogen (secondary N) is 1. The molecule has 2 aromatic heterocycles. The molecule has 0 unspecified atom stereocenters. The van der Waals surface area contributed by atoms with Gasteiger partial charge in [-0.2, -0.15) is 0 Å². The predicted molar refractivity (Wildman–Crippen MR) is 76.3 cm³/mol. The van der Waals surface area contributed by atoms with Crippen LogP contribution in [-0.2, 0) is 6.54 Å². The molecule has 2 aromatic rings. The smallest absolute Gasteiger partial charge is 0.262 e. The van der Waals surface area contributed by atoms with Gasteiger partial charge < -0.3 is 9.73 Å². The summed E-state index contributed by atoms with van der Waals surface area (Å²) >= 11 is 1.48. The van der Waals surface area contributed by atoms with E-state index in [0.29, 0.717) is 5.22 Å². The van der Waals surface area contributed by atoms with E-state index in [2.05, 4.69) is 28.3 Å². The molecular formula is C14H19N3OS. The molecule has 0 aliphatic carbocycles. The van der Waals surface area contributed by atoms with Crippen LogP contribution in [0.2, 0.25) is 0 Å². The number of nitrogens with zero attached hydrogens (tertiary/aromatic N) is 2. The van der Waals surface area contributed by atoms with Gasteiger partial charge in [0.15, 0.2) is 0 Å². The Morgan fingerprint density at radius 1 is 1.37 bits per heavy atom. The van der Waals surface area contributed by atoms with Crippen molar-refractivity contribution >= 4 is 11.8 Å². The van der Waals surface area contributed by atoms with E-state index >= 15 is 0 Å². The molecule has 0 bridgehead atoms. The summed E-state index contributed by atoms with van der Waals surface area (Å²) in [6.45, 7) is 7.86. The first kappa shape index (κ1) is 14.1. The molecule has 0 spiro atoms. The molecule has 19 heavy (non-hydrogen) atoms. The minimum atomic E-state index is 0.658. The highest BCUT2D eigenvalue weighted by molar-refractivity contribution is 7.99. The maximum absolute atomic E-state index is 5.59. The van der Waals surface area contributed by atoms with E-state index in [1.165, 1.54) is 17.3 Å². The van der Waals surface area contributed by atoms with Crippen molar-refractivity contribution in [1.82, 2.24) is 15.3 Å². The van der Waals surface area contributed by atoms with E-state index in [0.717, 1.165) is 36.0 Å². The van der Waals surface area contributed by atoms with Gasteiger partial charge in [-0.3, -0.25) is 0 Å². The first-order valence-corrected chi connectivity index (χ1v) is 7.29. The largest absolute Gasteiger partial charge is 0.436 e. The van der Waals surface area contributed by atoms with E-state index < -0.39 is 0 Å². The molecule has 0 radical (unpaired) electrons. The summed E-state index contributed by atoms with van der Waals surface area (Å²) in [6.07, 6.45) is 2.93. The maximum atomic E-state index is 5.59. The minimum absolute atomic E-state index is 0.658. The van der Waals surface area contributed by atoms with Crippen LogP contribution in [-0.4, -0.2) is 16.5 Å². The molecule has 0 saturated carbocycles. The normalized spacial score (nSPS) is 10.9. The zero-order valence-electron chi connectivity index (χ0n) is 11.6. The highest BCUT2D eigenvalue weighted by Crippen LogP contribution is 2.29. The third-order valence-corrected chi connectivity index (χ3v) is 3.70. The predicted octanol–water partition coefficient (Wildman–Crippen LogP) is 3.34. The number of aryl methyl sites for hydroxylation is 2. The summed E-state index contributed by atoms with van der Waals surface area (Å²) in [6, 6.07) is 4.04. The van der Waals surface area contributed by atoms with Gasteiger partial charge in [0.2, 0.25) is 0 Å². The van der Waals surface area contributed by atoms with Crippen LogP contribution in [0.15, 0.2) is 33.0 Å². The topological polar surface area (TPSA) is 51.0 Å². The van der Waals surface area contributed by atoms with Crippen molar-refractivity contribution in [2.75, 3.05) is 6.54 Å². The molecule has 0 aromatic carbocycles. The Balaban J connectivity index is 2.10. The molecule has 2 rings (SSSR count). The third kappa shape index (κ3) is 3.81. The van der Waals surface area contributed by atoms with Crippen molar-refractivity contribution in [3.05, 3.63) is 35.3 Å². The Bertz CT molecular complexity index is 520. The molecule has 102 valence electrons. The number of rotatable bonds is 6. The van der Waals surface area contributed by atoms with Crippen LogP contribution in [0.1, 0.15) is 30.4 Å². The zero-order chi connectivity index (χ0) is 13.7. The zero-order valence-corrected chi connectivity index (χ0v) is 12.4. The van der Waals surface area contributed by atoms with E-state index in [4.69, 9.17) is 4.42 Å². The average Bonchev–Trinajstić information content (AvgIpc) is 2.71. The molecule has 4 nitrogen and oxygen atoms in total. The SMILES string of the molecule is CCCNCc1cccnc1Sc1nc(C)c(C)o1. The number of pyridine rings is 1. The van der Waals surface area contributed by atoms with Crippen LogP contribution in [0.3, 0.4) is 0 Å². The summed E-state index contributed by atoms with van der Waals surface area (Å²) in [7, 11) is 0. The van der Waals surface area contributed by atoms with Gasteiger partial charge in [-0.1, -0.05) is 13.0 Å². The molecule has 1 N–H and O–H groups in total. The molecule has 0 saturated heterocycles. The van der Waals surface area contributed by atoms with Crippen molar-refractivity contribution in [1.29, 1.82) is 0 Å². The summed E-state index contributed by atoms with van der Waals surface area (Å²) in [5.41, 5.74) is 2.11. The number of hydrogen-bond acceptors (Lipinski definition) is 5. The average molecular weight is 277 g/mol. The van der Waals surface area contributed by atoms with Crippen molar-refractivity contribution in [3.8, 4) is 0 Å². The van der Waals surface area contributed by atoms with E-state index in [1.54, 1.807) is 6.20 Å². The van der Waals surface area contributed by atoms with Gasteiger partial charge in [0, 0.05) is 12.7 Å². The fourth-order valence-corrected chi connectivity index (χ4v) is 2.52. The molecule has 0 atom stereocenters. The monoisotopic (exact) mass is 277 g/mol. The van der Waals surface area contributed by atoms with Crippen LogP contribution in [0.4, 0.5) is 0 Å². The molecule has 0 fully saturated rings. The first-order valence-electron chi connectivity index (χ1n) is 6.47. The molecule has 0 aliphatic heterocycles. The van der Waals surface area contributed by atoms with Crippen LogP contribution in [0.25, 0.3) is 0 Å². The number of aromatic nitrogens is 2. The Kier molecular flexibility index (Phi) is 4.99. The maximum Gasteiger partial charge on any atom is 0.262 e. The van der Waals surface area contributed by atoms with Crippen LogP contribution in [0, 0.1) is 13.8 Å². The van der Waals surface area contributed by atoms with Crippen molar-refractivity contribution in [3.63, 3.8) is 0 Å². The minimum Gasteiger partial charge on any atom is -0.436 e. The lowest BCUT2D eigenvalue weighted by Gasteiger charge is -2.07. The van der Waals surface area contributed by atoms with E-state index in [1.807, 2.05) is 19.9 Å². The van der Waals surface area contributed by atoms with Gasteiger partial charge in [-0.05, 0) is 50.2 Å². The lowest BCUT2D eigenvalue weighted by molar-refractivity contribution is 0.431. The Labute approximate surface area is 118 Å². The standard InChI is InChI=1S/C14H19N3OS/c1-4-7-15-9-12-6-5-8-16-13(12)19-14-17-10(2)11(3)18-14/h5-6,8,15H,4,7,9H2,1-3H3. The summed E-state index contributed by atoms with van der Waals surface area (Å²) in [4.78, 5) is 8.79. The van der Waals surface area contributed by atoms with Crippen molar-refractivity contribution < 1.29 is 4.42 Å². The van der Waals surface area contributed by atoms with Gasteiger partial charge >= 0.3 is 0 Å². The number of oxazole rings is 1. The highest BCUT2D eigenvalue weighted by atomic mass is 32.2. The van der Waals surface area contributed by atoms with Crippen molar-refractivity contribution in [2.24, 2.45) is 0 Å². The quantitative estimate of drug-likeness (QED) is 0.821. The summed E-state index contributed by atoms with van der Waals surface area (Å²) in [5.74, 6) is 0.865. The molecule has 0 aliphatic rings. The fourth-order valence-electron chi connectivity index (χ4n) is 1.62. The molecular weight excluding hydrogens is 258 g/mol. The van der Waals surface area contributed by atoms with Gasteiger partial charge in [0.1, 0.15) is 10.8 Å². The molecule has 2 heterocycles. The van der Waals surface area contributed by atoms with Gasteiger partial charge in [-0.15, -0.1) is 0 Å². The van der Waals surface area contributed by atoms with Crippen LogP contribution < -0.4 is 5.32 Å². The van der Waals surface area contributed by atoms with Gasteiger partial charge in [0.25, 0.3) is 5.22 Å². The van der Waals surface area contributed by atoms with Gasteiger partial charge in [0.05, 0.1) is 5.69 Å². The Hall–Kier alpha value is -1.33. The molecule has 0 amide bonds. The summed E-state index contributed by atoms with van der Waals surface area (Å²) < 4.78 is 5.59. The third-order valence-electron chi connectivity index (χ3n) is 2.79. The summed E-state index contributed by atoms with van der Waals surface area (Å²) in [5, 5.41) is 5.00. The van der Waals surface area contributed by atoms with E-state index in [-0.39, 0.29) is 0 Å². The second-order valence-electron chi connectivity index (χ2n) is 4.37. The highest BCUT2D eigenvalue weighted by Gasteiger charge is 2.11. The van der Waals surface area contributed by atoms with Crippen molar-refractivity contribution in [2.45, 2.75) is 44.0 Å². The molecule has 5 heteroatoms. The second-order valence-corrected chi connectivity index (χ2v) is 5.31.